The SMILES string of the molecule is Cc1ccc(C2CN(C)Cc3cc(B4OC(C)(C)C(C)(C)O4)ccc32)cc1. The van der Waals surface area contributed by atoms with Crippen molar-refractivity contribution in [2.75, 3.05) is 13.6 Å². The average Bonchev–Trinajstić information content (AvgIpc) is 2.82. The Labute approximate surface area is 163 Å². The van der Waals surface area contributed by atoms with E-state index in [1.54, 1.807) is 0 Å². The van der Waals surface area contributed by atoms with Crippen LogP contribution < -0.4 is 5.46 Å². The first-order chi connectivity index (χ1) is 12.7. The Bertz CT molecular complexity index is 828. The molecule has 142 valence electrons. The van der Waals surface area contributed by atoms with Crippen LogP contribution in [0.4, 0.5) is 0 Å². The van der Waals surface area contributed by atoms with Crippen LogP contribution in [0.25, 0.3) is 0 Å². The van der Waals surface area contributed by atoms with Crippen molar-refractivity contribution in [2.45, 2.75) is 58.3 Å². The minimum Gasteiger partial charge on any atom is -0.399 e. The first kappa shape index (κ1) is 18.7. The third-order valence-electron chi connectivity index (χ3n) is 6.48. The van der Waals surface area contributed by atoms with E-state index in [2.05, 4.69) is 89.0 Å². The van der Waals surface area contributed by atoms with Crippen LogP contribution in [0.15, 0.2) is 42.5 Å². The van der Waals surface area contributed by atoms with Crippen molar-refractivity contribution < 1.29 is 9.31 Å². The van der Waals surface area contributed by atoms with Crippen molar-refractivity contribution in [3.63, 3.8) is 0 Å². The van der Waals surface area contributed by atoms with Crippen molar-refractivity contribution in [2.24, 2.45) is 0 Å². The van der Waals surface area contributed by atoms with Gasteiger partial charge < -0.3 is 14.2 Å². The third-order valence-corrected chi connectivity index (χ3v) is 6.48. The van der Waals surface area contributed by atoms with E-state index in [0.717, 1.165) is 18.6 Å². The lowest BCUT2D eigenvalue weighted by Crippen LogP contribution is -2.41. The Kier molecular flexibility index (Phi) is 4.49. The van der Waals surface area contributed by atoms with Crippen molar-refractivity contribution in [3.8, 4) is 0 Å². The van der Waals surface area contributed by atoms with Crippen LogP contribution >= 0.6 is 0 Å². The summed E-state index contributed by atoms with van der Waals surface area (Å²) in [5, 5.41) is 0. The maximum Gasteiger partial charge on any atom is 0.494 e. The molecular weight excluding hydrogens is 333 g/mol. The summed E-state index contributed by atoms with van der Waals surface area (Å²) >= 11 is 0. The Morgan fingerprint density at radius 1 is 0.963 bits per heavy atom. The highest BCUT2D eigenvalue weighted by Gasteiger charge is 2.51. The van der Waals surface area contributed by atoms with Gasteiger partial charge in [-0.05, 0) is 63.8 Å². The molecule has 27 heavy (non-hydrogen) atoms. The number of likely N-dealkylation sites (N-methyl/N-ethyl adjacent to an activating group) is 1. The fourth-order valence-electron chi connectivity index (χ4n) is 4.08. The van der Waals surface area contributed by atoms with Crippen LogP contribution in [0.5, 0.6) is 0 Å². The quantitative estimate of drug-likeness (QED) is 0.756. The summed E-state index contributed by atoms with van der Waals surface area (Å²) in [6, 6.07) is 15.7. The van der Waals surface area contributed by atoms with Crippen LogP contribution in [0.2, 0.25) is 0 Å². The second-order valence-electron chi connectivity index (χ2n) is 9.21. The summed E-state index contributed by atoms with van der Waals surface area (Å²) in [6.07, 6.45) is 0. The minimum atomic E-state index is -0.311. The predicted octanol–water partition coefficient (Wildman–Crippen LogP) is 3.87. The first-order valence-electron chi connectivity index (χ1n) is 9.90. The topological polar surface area (TPSA) is 21.7 Å². The van der Waals surface area contributed by atoms with Gasteiger partial charge in [0.25, 0.3) is 0 Å². The van der Waals surface area contributed by atoms with Crippen LogP contribution in [-0.4, -0.2) is 36.8 Å². The van der Waals surface area contributed by atoms with E-state index >= 15 is 0 Å². The molecule has 1 fully saturated rings. The van der Waals surface area contributed by atoms with E-state index in [4.69, 9.17) is 9.31 Å². The van der Waals surface area contributed by atoms with E-state index in [-0.39, 0.29) is 18.3 Å². The first-order valence-corrected chi connectivity index (χ1v) is 9.90. The molecule has 2 aromatic rings. The van der Waals surface area contributed by atoms with Gasteiger partial charge in [0.15, 0.2) is 0 Å². The van der Waals surface area contributed by atoms with E-state index in [0.29, 0.717) is 5.92 Å². The number of aryl methyl sites for hydroxylation is 1. The maximum absolute atomic E-state index is 6.26. The molecule has 1 saturated heterocycles. The molecule has 0 bridgehead atoms. The lowest BCUT2D eigenvalue weighted by Gasteiger charge is -2.33. The second kappa shape index (κ2) is 6.47. The fraction of sp³-hybridized carbons (Fsp3) is 0.478. The van der Waals surface area contributed by atoms with Crippen molar-refractivity contribution in [1.82, 2.24) is 4.90 Å². The molecule has 0 aromatic heterocycles. The average molecular weight is 363 g/mol. The van der Waals surface area contributed by atoms with E-state index in [1.807, 2.05) is 0 Å². The summed E-state index contributed by atoms with van der Waals surface area (Å²) in [6.45, 7) is 12.6. The maximum atomic E-state index is 6.26. The summed E-state index contributed by atoms with van der Waals surface area (Å²) in [7, 11) is 1.90. The highest BCUT2D eigenvalue weighted by atomic mass is 16.7. The lowest BCUT2D eigenvalue weighted by atomic mass is 9.75. The molecule has 2 aliphatic heterocycles. The number of benzene rings is 2. The van der Waals surface area contributed by atoms with Gasteiger partial charge in [0.1, 0.15) is 0 Å². The number of hydrogen-bond acceptors (Lipinski definition) is 3. The predicted molar refractivity (Wildman–Crippen MR) is 112 cm³/mol. The van der Waals surface area contributed by atoms with E-state index < -0.39 is 0 Å². The van der Waals surface area contributed by atoms with Crippen LogP contribution in [0, 0.1) is 6.92 Å². The highest BCUT2D eigenvalue weighted by molar-refractivity contribution is 6.62. The van der Waals surface area contributed by atoms with E-state index in [1.165, 1.54) is 22.3 Å². The van der Waals surface area contributed by atoms with Gasteiger partial charge in [0, 0.05) is 19.0 Å². The van der Waals surface area contributed by atoms with Gasteiger partial charge in [-0.25, -0.2) is 0 Å². The van der Waals surface area contributed by atoms with Crippen molar-refractivity contribution in [1.29, 1.82) is 0 Å². The number of rotatable bonds is 2. The standard InChI is InChI=1S/C23H30BNO2/c1-16-7-9-17(10-8-16)21-15-25(6)14-18-13-19(11-12-20(18)21)24-26-22(2,3)23(4,5)27-24/h7-13,21H,14-15H2,1-6H3. The summed E-state index contributed by atoms with van der Waals surface area (Å²) in [5.41, 5.74) is 5.99. The van der Waals surface area contributed by atoms with E-state index in [9.17, 15) is 0 Å². The molecule has 2 aliphatic rings. The van der Waals surface area contributed by atoms with Crippen molar-refractivity contribution in [3.05, 3.63) is 64.7 Å². The molecular formula is C23H30BNO2. The Hall–Kier alpha value is -1.62. The Morgan fingerprint density at radius 3 is 2.22 bits per heavy atom. The van der Waals surface area contributed by atoms with Crippen LogP contribution in [0.3, 0.4) is 0 Å². The summed E-state index contributed by atoms with van der Waals surface area (Å²) in [4.78, 5) is 2.40. The normalized spacial score (nSPS) is 24.1. The van der Waals surface area contributed by atoms with Crippen LogP contribution in [0.1, 0.15) is 55.9 Å². The molecule has 4 rings (SSSR count). The minimum absolute atomic E-state index is 0.301. The zero-order valence-electron chi connectivity index (χ0n) is 17.4. The van der Waals surface area contributed by atoms with Gasteiger partial charge in [-0.2, -0.15) is 0 Å². The largest absolute Gasteiger partial charge is 0.494 e. The molecule has 0 saturated carbocycles. The van der Waals surface area contributed by atoms with Gasteiger partial charge in [0.2, 0.25) is 0 Å². The van der Waals surface area contributed by atoms with Gasteiger partial charge in [-0.15, -0.1) is 0 Å². The van der Waals surface area contributed by atoms with Crippen molar-refractivity contribution >= 4 is 12.6 Å². The Balaban J connectivity index is 1.67. The second-order valence-corrected chi connectivity index (χ2v) is 9.21. The third kappa shape index (κ3) is 3.35. The smallest absolute Gasteiger partial charge is 0.399 e. The molecule has 0 aliphatic carbocycles. The molecule has 4 heteroatoms. The number of hydrogen-bond donors (Lipinski definition) is 0. The van der Waals surface area contributed by atoms with Gasteiger partial charge in [0.05, 0.1) is 11.2 Å². The Morgan fingerprint density at radius 2 is 1.59 bits per heavy atom. The molecule has 1 atom stereocenters. The number of nitrogens with zero attached hydrogens (tertiary/aromatic N) is 1. The highest BCUT2D eigenvalue weighted by Crippen LogP contribution is 2.37. The molecule has 0 amide bonds. The molecule has 2 aromatic carbocycles. The number of fused-ring (bicyclic) bond motifs is 1. The molecule has 3 nitrogen and oxygen atoms in total. The van der Waals surface area contributed by atoms with Gasteiger partial charge in [-0.3, -0.25) is 0 Å². The molecule has 0 N–H and O–H groups in total. The van der Waals surface area contributed by atoms with Gasteiger partial charge >= 0.3 is 7.12 Å². The molecule has 0 radical (unpaired) electrons. The van der Waals surface area contributed by atoms with Gasteiger partial charge in [-0.1, -0.05) is 48.0 Å². The van der Waals surface area contributed by atoms with Crippen LogP contribution in [-0.2, 0) is 15.9 Å². The zero-order valence-corrected chi connectivity index (χ0v) is 17.4. The lowest BCUT2D eigenvalue weighted by molar-refractivity contribution is 0.00578. The fourth-order valence-corrected chi connectivity index (χ4v) is 4.08. The summed E-state index contributed by atoms with van der Waals surface area (Å²) < 4.78 is 12.5. The molecule has 2 heterocycles. The zero-order chi connectivity index (χ0) is 19.4. The molecule has 1 unspecified atom stereocenters. The summed E-state index contributed by atoms with van der Waals surface area (Å²) in [5.74, 6) is 0.409. The molecule has 0 spiro atoms. The monoisotopic (exact) mass is 363 g/mol.